The number of alkyl halides is 3. The second-order valence-corrected chi connectivity index (χ2v) is 3.54. The Morgan fingerprint density at radius 3 is 1.70 bits per heavy atom. The largest absolute Gasteiger partial charge is 0.414 e. The molecular weight excluding hydrogens is 343 g/mol. The van der Waals surface area contributed by atoms with Crippen LogP contribution in [-0.4, -0.2) is 27.5 Å². The van der Waals surface area contributed by atoms with Gasteiger partial charge in [-0.15, -0.1) is 0 Å². The van der Waals surface area contributed by atoms with Gasteiger partial charge >= 0.3 is 6.18 Å². The molecule has 0 radical (unpaired) electrons. The van der Waals surface area contributed by atoms with E-state index in [9.17, 15) is 30.7 Å². The minimum absolute atomic E-state index is 0. The molecule has 1 heterocycles. The minimum Gasteiger partial charge on any atom is -0.388 e. The van der Waals surface area contributed by atoms with Gasteiger partial charge in [-0.1, -0.05) is 0 Å². The summed E-state index contributed by atoms with van der Waals surface area (Å²) in [5.41, 5.74) is -1.66. The fraction of sp³-hybridized carbons (Fsp3) is 0.444. The van der Waals surface area contributed by atoms with Gasteiger partial charge in [0.1, 0.15) is 0 Å². The quantitative estimate of drug-likeness (QED) is 0.499. The molecule has 2 unspecified atom stereocenters. The number of hydrogen-bond donors (Lipinski definition) is 2. The molecule has 1 rings (SSSR count). The van der Waals surface area contributed by atoms with Gasteiger partial charge in [0, 0.05) is 23.5 Å². The Hall–Kier alpha value is -0.901. The first-order valence-corrected chi connectivity index (χ1v) is 4.68. The zero-order valence-corrected chi connectivity index (χ0v) is 10.3. The van der Waals surface area contributed by atoms with Crippen LogP contribution in [0.4, 0.5) is 30.7 Å². The topological polar surface area (TPSA) is 53.4 Å². The molecule has 1 aromatic heterocycles. The van der Waals surface area contributed by atoms with Crippen molar-refractivity contribution in [3.8, 4) is 0 Å². The minimum atomic E-state index is -5.15. The Bertz CT molecular complexity index is 456. The van der Waals surface area contributed by atoms with E-state index < -0.39 is 53.9 Å². The summed E-state index contributed by atoms with van der Waals surface area (Å²) in [4.78, 5) is 2.16. The predicted octanol–water partition coefficient (Wildman–Crippen LogP) is 1.98. The van der Waals surface area contributed by atoms with E-state index in [4.69, 9.17) is 10.2 Å². The number of rotatable bonds is 3. The molecule has 0 fully saturated rings. The van der Waals surface area contributed by atoms with Gasteiger partial charge in [-0.3, -0.25) is 0 Å². The van der Waals surface area contributed by atoms with E-state index in [0.29, 0.717) is 0 Å². The smallest absolute Gasteiger partial charge is 0.388 e. The van der Waals surface area contributed by atoms with Gasteiger partial charge in [-0.25, -0.2) is 8.78 Å². The van der Waals surface area contributed by atoms with Gasteiger partial charge in [-0.05, 0) is 0 Å². The molecule has 0 aliphatic heterocycles. The van der Waals surface area contributed by atoms with E-state index in [2.05, 4.69) is 4.98 Å². The van der Waals surface area contributed by atoms with Crippen LogP contribution in [0.3, 0.4) is 0 Å². The van der Waals surface area contributed by atoms with Crippen molar-refractivity contribution in [2.45, 2.75) is 24.8 Å². The Kier molecular flexibility index (Phi) is 6.40. The first-order valence-electron chi connectivity index (χ1n) is 4.68. The molecule has 20 heavy (non-hydrogen) atoms. The van der Waals surface area contributed by atoms with Gasteiger partial charge in [-0.2, -0.15) is 26.9 Å². The van der Waals surface area contributed by atoms with Crippen LogP contribution in [0.25, 0.3) is 0 Å². The van der Waals surface area contributed by atoms with Gasteiger partial charge in [0.25, 0.3) is 11.9 Å². The fourth-order valence-corrected chi connectivity index (χ4v) is 1.26. The maximum atomic E-state index is 13.1. The second kappa shape index (κ2) is 6.70. The van der Waals surface area contributed by atoms with E-state index in [1.54, 1.807) is 0 Å². The summed E-state index contributed by atoms with van der Waals surface area (Å²) < 4.78 is 87.4. The third-order valence-corrected chi connectivity index (χ3v) is 2.19. The zero-order valence-electron chi connectivity index (χ0n) is 9.20. The number of pyridine rings is 1. The molecule has 0 aromatic carbocycles. The summed E-state index contributed by atoms with van der Waals surface area (Å²) in [6.45, 7) is 0. The van der Waals surface area contributed by atoms with E-state index >= 15 is 0 Å². The normalized spacial score (nSPS) is 14.7. The van der Waals surface area contributed by atoms with E-state index in [0.717, 1.165) is 0 Å². The zero-order chi connectivity index (χ0) is 15.0. The second-order valence-electron chi connectivity index (χ2n) is 3.54. The van der Waals surface area contributed by atoms with E-state index in [1.165, 1.54) is 0 Å². The summed E-state index contributed by atoms with van der Waals surface area (Å²) in [6, 6.07) is 0. The number of halogens is 7. The molecule has 11 heteroatoms. The Labute approximate surface area is 117 Å². The number of aromatic nitrogens is 1. The SMILES string of the molecule is OC(CC(O)C(F)(F)F)c1c(F)c(F)nc(F)c1F.[Fe]. The van der Waals surface area contributed by atoms with Crippen LogP contribution in [-0.2, 0) is 17.1 Å². The summed E-state index contributed by atoms with van der Waals surface area (Å²) in [6.07, 6.45) is -12.4. The molecule has 0 bridgehead atoms. The van der Waals surface area contributed by atoms with Gasteiger partial charge in [0.2, 0.25) is 0 Å². The molecule has 3 nitrogen and oxygen atoms in total. The standard InChI is InChI=1S/C9H6F7NO2.Fe/c10-5-4(6(11)8(13)17-7(5)12)2(18)1-3(19)9(14,15)16;/h2-3,18-19H,1H2;. The summed E-state index contributed by atoms with van der Waals surface area (Å²) in [5, 5.41) is 17.8. The molecule has 2 atom stereocenters. The van der Waals surface area contributed by atoms with E-state index in [-0.39, 0.29) is 17.1 Å². The van der Waals surface area contributed by atoms with Crippen LogP contribution in [0, 0.1) is 23.5 Å². The monoisotopic (exact) mass is 349 g/mol. The summed E-state index contributed by atoms with van der Waals surface area (Å²) in [7, 11) is 0. The number of aliphatic hydroxyl groups is 2. The molecule has 0 saturated heterocycles. The molecule has 2 N–H and O–H groups in total. The Morgan fingerprint density at radius 2 is 1.35 bits per heavy atom. The molecule has 0 spiro atoms. The van der Waals surface area contributed by atoms with Crippen LogP contribution in [0.1, 0.15) is 18.1 Å². The Morgan fingerprint density at radius 1 is 0.950 bits per heavy atom. The van der Waals surface area contributed by atoms with Crippen molar-refractivity contribution in [2.75, 3.05) is 0 Å². The first-order chi connectivity index (χ1) is 8.55. The Balaban J connectivity index is 0.00000361. The van der Waals surface area contributed by atoms with Gasteiger partial charge in [0.15, 0.2) is 17.7 Å². The van der Waals surface area contributed by atoms with Crippen LogP contribution in [0.15, 0.2) is 0 Å². The maximum Gasteiger partial charge on any atom is 0.414 e. The van der Waals surface area contributed by atoms with Gasteiger partial charge in [0.05, 0.1) is 11.7 Å². The number of nitrogens with zero attached hydrogens (tertiary/aromatic N) is 1. The average Bonchev–Trinajstić information content (AvgIpc) is 2.25. The van der Waals surface area contributed by atoms with Crippen molar-refractivity contribution in [2.24, 2.45) is 0 Å². The first kappa shape index (κ1) is 19.1. The van der Waals surface area contributed by atoms with Crippen molar-refractivity contribution in [3.63, 3.8) is 0 Å². The molecular formula is C9H6F7FeNO2. The number of hydrogen-bond acceptors (Lipinski definition) is 3. The summed E-state index contributed by atoms with van der Waals surface area (Å²) in [5.74, 6) is -8.48. The van der Waals surface area contributed by atoms with Gasteiger partial charge < -0.3 is 10.2 Å². The van der Waals surface area contributed by atoms with Crippen LogP contribution in [0.2, 0.25) is 0 Å². The molecule has 0 aliphatic rings. The van der Waals surface area contributed by atoms with Crippen molar-refractivity contribution in [3.05, 3.63) is 29.1 Å². The predicted molar refractivity (Wildman–Crippen MR) is 45.7 cm³/mol. The third-order valence-electron chi connectivity index (χ3n) is 2.19. The maximum absolute atomic E-state index is 13.1. The van der Waals surface area contributed by atoms with Crippen LogP contribution in [0.5, 0.6) is 0 Å². The van der Waals surface area contributed by atoms with Crippen molar-refractivity contribution in [1.29, 1.82) is 0 Å². The van der Waals surface area contributed by atoms with Crippen LogP contribution >= 0.6 is 0 Å². The molecule has 1 aromatic rings. The van der Waals surface area contributed by atoms with Crippen molar-refractivity contribution < 1.29 is 58.0 Å². The molecule has 0 amide bonds. The molecule has 116 valence electrons. The van der Waals surface area contributed by atoms with Crippen molar-refractivity contribution >= 4 is 0 Å². The van der Waals surface area contributed by atoms with Crippen LogP contribution < -0.4 is 0 Å². The van der Waals surface area contributed by atoms with E-state index in [1.807, 2.05) is 0 Å². The molecule has 0 saturated carbocycles. The molecule has 0 aliphatic carbocycles. The average molecular weight is 349 g/mol. The van der Waals surface area contributed by atoms with Crippen molar-refractivity contribution in [1.82, 2.24) is 4.98 Å². The fourth-order valence-electron chi connectivity index (χ4n) is 1.26. The summed E-state index contributed by atoms with van der Waals surface area (Å²) >= 11 is 0. The third kappa shape index (κ3) is 4.05. The number of aliphatic hydroxyl groups excluding tert-OH is 2.